The van der Waals surface area contributed by atoms with Crippen LogP contribution in [0.15, 0.2) is 47.4 Å². The molecule has 0 saturated heterocycles. The van der Waals surface area contributed by atoms with Crippen LogP contribution >= 0.6 is 11.6 Å². The number of halogens is 1. The number of anilines is 1. The molecule has 0 spiro atoms. The van der Waals surface area contributed by atoms with Crippen LogP contribution in [0, 0.1) is 0 Å². The molecule has 6 nitrogen and oxygen atoms in total. The predicted octanol–water partition coefficient (Wildman–Crippen LogP) is 1.61. The number of carboxylic acid groups (broad SMARTS) is 1. The van der Waals surface area contributed by atoms with Crippen LogP contribution < -0.4 is 9.62 Å². The third-order valence-corrected chi connectivity index (χ3v) is 6.38. The Hall–Kier alpha value is -2.09. The van der Waals surface area contributed by atoms with Crippen LogP contribution in [0.2, 0.25) is 5.02 Å². The van der Waals surface area contributed by atoms with E-state index in [0.29, 0.717) is 22.8 Å². The monoisotopic (exact) mass is 381 g/mol. The van der Waals surface area contributed by atoms with Crippen molar-refractivity contribution in [3.63, 3.8) is 0 Å². The van der Waals surface area contributed by atoms with E-state index in [2.05, 4.69) is 0 Å². The molecule has 1 aliphatic heterocycles. The maximum absolute atomic E-state index is 13.0. The number of quaternary nitrogens is 1. The van der Waals surface area contributed by atoms with Crippen molar-refractivity contribution in [2.75, 3.05) is 17.9 Å². The first-order valence-electron chi connectivity index (χ1n) is 7.75. The van der Waals surface area contributed by atoms with E-state index in [1.165, 1.54) is 17.4 Å². The molecule has 1 unspecified atom stereocenters. The summed E-state index contributed by atoms with van der Waals surface area (Å²) in [5.41, 5.74) is 2.00. The van der Waals surface area contributed by atoms with E-state index in [4.69, 9.17) is 16.7 Å². The van der Waals surface area contributed by atoms with Gasteiger partial charge in [0.25, 0.3) is 10.0 Å². The molecule has 0 bridgehead atoms. The van der Waals surface area contributed by atoms with Gasteiger partial charge in [0, 0.05) is 23.2 Å². The van der Waals surface area contributed by atoms with Crippen LogP contribution in [0.4, 0.5) is 5.69 Å². The summed E-state index contributed by atoms with van der Waals surface area (Å²) in [6, 6.07) is 11.7. The molecular weight excluding hydrogens is 364 g/mol. The smallest absolute Gasteiger partial charge is 0.309 e. The van der Waals surface area contributed by atoms with Crippen molar-refractivity contribution < 1.29 is 23.6 Å². The average molecular weight is 382 g/mol. The van der Waals surface area contributed by atoms with Gasteiger partial charge in [0.05, 0.1) is 23.5 Å². The third kappa shape index (κ3) is 3.22. The molecular formula is C17H18ClN2O4S+. The number of aliphatic carboxylic acids is 1. The molecule has 3 rings (SSSR count). The lowest BCUT2D eigenvalue weighted by Gasteiger charge is -2.20. The Bertz CT molecular complexity index is 930. The summed E-state index contributed by atoms with van der Waals surface area (Å²) in [6.45, 7) is 0.333. The maximum Gasteiger partial charge on any atom is 0.309 e. The van der Waals surface area contributed by atoms with Crippen molar-refractivity contribution in [1.29, 1.82) is 0 Å². The van der Waals surface area contributed by atoms with Gasteiger partial charge in [-0.1, -0.05) is 29.8 Å². The van der Waals surface area contributed by atoms with Crippen LogP contribution in [0.3, 0.4) is 0 Å². The standard InChI is InChI=1S/C17H17ClN2O4S/c1-20-14-5-3-2-4-12(14)17(19-9-8-16(21)22)13-7-6-11(18)10-15(13)25(20,23)24/h2-7,10,17,19H,8-9H2,1H3,(H,21,22)/p+1. The molecule has 0 fully saturated rings. The Morgan fingerprint density at radius 1 is 1.24 bits per heavy atom. The first-order valence-corrected chi connectivity index (χ1v) is 9.56. The molecule has 2 aromatic rings. The van der Waals surface area contributed by atoms with Crippen molar-refractivity contribution in [2.24, 2.45) is 0 Å². The number of hydrogen-bond donors (Lipinski definition) is 2. The summed E-state index contributed by atoms with van der Waals surface area (Å²) in [7, 11) is -2.24. The van der Waals surface area contributed by atoms with Crippen LogP contribution in [-0.4, -0.2) is 33.1 Å². The zero-order valence-electron chi connectivity index (χ0n) is 13.5. The van der Waals surface area contributed by atoms with E-state index in [0.717, 1.165) is 5.56 Å². The number of sulfonamides is 1. The highest BCUT2D eigenvalue weighted by Gasteiger charge is 2.36. The number of benzene rings is 2. The molecule has 0 aromatic heterocycles. The van der Waals surface area contributed by atoms with Gasteiger partial charge in [0.2, 0.25) is 0 Å². The lowest BCUT2D eigenvalue weighted by atomic mass is 9.97. The number of fused-ring (bicyclic) bond motifs is 2. The van der Waals surface area contributed by atoms with Crippen molar-refractivity contribution in [3.05, 3.63) is 58.6 Å². The van der Waals surface area contributed by atoms with Gasteiger partial charge in [-0.3, -0.25) is 9.10 Å². The van der Waals surface area contributed by atoms with Crippen LogP contribution in [-0.2, 0) is 14.8 Å². The molecule has 1 heterocycles. The fraction of sp³-hybridized carbons (Fsp3) is 0.235. The van der Waals surface area contributed by atoms with E-state index < -0.39 is 16.0 Å². The average Bonchev–Trinajstić information content (AvgIpc) is 2.63. The molecule has 1 atom stereocenters. The second kappa shape index (κ2) is 6.67. The zero-order valence-corrected chi connectivity index (χ0v) is 15.1. The SMILES string of the molecule is CN1c2ccccc2C([NH2+]CCC(=O)O)c2ccc(Cl)cc2S1(=O)=O. The molecule has 0 amide bonds. The van der Waals surface area contributed by atoms with Crippen LogP contribution in [0.5, 0.6) is 0 Å². The summed E-state index contributed by atoms with van der Waals surface area (Å²) in [5, 5.41) is 11.1. The zero-order chi connectivity index (χ0) is 18.2. The summed E-state index contributed by atoms with van der Waals surface area (Å²) in [6.07, 6.45) is -0.00974. The second-order valence-corrected chi connectivity index (χ2v) is 8.23. The first kappa shape index (κ1) is 17.7. The number of carbonyl (C=O) groups is 1. The molecule has 0 saturated carbocycles. The highest BCUT2D eigenvalue weighted by molar-refractivity contribution is 7.92. The number of hydrogen-bond acceptors (Lipinski definition) is 3. The molecule has 25 heavy (non-hydrogen) atoms. The van der Waals surface area contributed by atoms with Crippen LogP contribution in [0.1, 0.15) is 23.6 Å². The normalized spacial score (nSPS) is 18.2. The summed E-state index contributed by atoms with van der Waals surface area (Å²) < 4.78 is 27.3. The van der Waals surface area contributed by atoms with Crippen LogP contribution in [0.25, 0.3) is 0 Å². The van der Waals surface area contributed by atoms with Crippen molar-refractivity contribution >= 4 is 33.3 Å². The van der Waals surface area contributed by atoms with Crippen molar-refractivity contribution in [3.8, 4) is 0 Å². The molecule has 0 radical (unpaired) electrons. The summed E-state index contributed by atoms with van der Waals surface area (Å²) in [4.78, 5) is 11.0. The van der Waals surface area contributed by atoms with E-state index in [-0.39, 0.29) is 17.4 Å². The van der Waals surface area contributed by atoms with Gasteiger partial charge in [-0.2, -0.15) is 0 Å². The number of carboxylic acids is 1. The first-order chi connectivity index (χ1) is 11.8. The highest BCUT2D eigenvalue weighted by atomic mass is 35.5. The number of nitrogens with zero attached hydrogens (tertiary/aromatic N) is 1. The molecule has 1 aliphatic rings. The van der Waals surface area contributed by atoms with Crippen molar-refractivity contribution in [2.45, 2.75) is 17.4 Å². The molecule has 0 aliphatic carbocycles. The Balaban J connectivity index is 2.20. The Kier molecular flexibility index (Phi) is 4.73. The summed E-state index contributed by atoms with van der Waals surface area (Å²) in [5.74, 6) is -0.890. The molecule has 3 N–H and O–H groups in total. The molecule has 2 aromatic carbocycles. The minimum Gasteiger partial charge on any atom is -0.481 e. The van der Waals surface area contributed by atoms with Gasteiger partial charge < -0.3 is 10.4 Å². The lowest BCUT2D eigenvalue weighted by molar-refractivity contribution is -0.686. The van der Waals surface area contributed by atoms with Gasteiger partial charge >= 0.3 is 5.97 Å². The van der Waals surface area contributed by atoms with E-state index in [1.807, 2.05) is 17.4 Å². The fourth-order valence-electron chi connectivity index (χ4n) is 3.10. The Morgan fingerprint density at radius 2 is 1.96 bits per heavy atom. The second-order valence-electron chi connectivity index (χ2n) is 5.86. The third-order valence-electron chi connectivity index (χ3n) is 4.32. The number of nitrogens with two attached hydrogens (primary N) is 1. The quantitative estimate of drug-likeness (QED) is 0.841. The minimum absolute atomic E-state index is 0.00974. The van der Waals surface area contributed by atoms with Gasteiger partial charge in [0.1, 0.15) is 6.04 Å². The molecule has 8 heteroatoms. The van der Waals surface area contributed by atoms with Gasteiger partial charge in [-0.15, -0.1) is 0 Å². The van der Waals surface area contributed by atoms with E-state index in [1.54, 1.807) is 24.3 Å². The predicted molar refractivity (Wildman–Crippen MR) is 94.4 cm³/mol. The van der Waals surface area contributed by atoms with Gasteiger partial charge in [-0.05, 0) is 24.3 Å². The van der Waals surface area contributed by atoms with Gasteiger partial charge in [-0.25, -0.2) is 8.42 Å². The fourth-order valence-corrected chi connectivity index (χ4v) is 4.82. The van der Waals surface area contributed by atoms with E-state index >= 15 is 0 Å². The van der Waals surface area contributed by atoms with E-state index in [9.17, 15) is 13.2 Å². The highest BCUT2D eigenvalue weighted by Crippen LogP contribution is 2.39. The topological polar surface area (TPSA) is 91.3 Å². The van der Waals surface area contributed by atoms with Gasteiger partial charge in [0.15, 0.2) is 0 Å². The Morgan fingerprint density at radius 3 is 2.68 bits per heavy atom. The Labute approximate surface area is 151 Å². The lowest BCUT2D eigenvalue weighted by Crippen LogP contribution is -2.85. The number of rotatable bonds is 4. The largest absolute Gasteiger partial charge is 0.481 e. The number of para-hydroxylation sites is 1. The minimum atomic E-state index is -3.75. The summed E-state index contributed by atoms with van der Waals surface area (Å²) >= 11 is 6.04. The molecule has 132 valence electrons. The maximum atomic E-state index is 13.0. The van der Waals surface area contributed by atoms with Crippen molar-refractivity contribution in [1.82, 2.24) is 0 Å².